The van der Waals surface area contributed by atoms with Crippen molar-refractivity contribution in [2.75, 3.05) is 5.73 Å². The Morgan fingerprint density at radius 2 is 1.40 bits per heavy atom. The van der Waals surface area contributed by atoms with Gasteiger partial charge in [-0.2, -0.15) is 0 Å². The second-order valence-electron chi connectivity index (χ2n) is 4.28. The molecule has 0 unspecified atom stereocenters. The molecular formula is C14H13N2O4+. The Kier molecular flexibility index (Phi) is 3.41. The summed E-state index contributed by atoms with van der Waals surface area (Å²) in [5.41, 5.74) is 11.0. The molecular weight excluding hydrogens is 260 g/mol. The highest BCUT2D eigenvalue weighted by atomic mass is 16.4. The lowest BCUT2D eigenvalue weighted by Crippen LogP contribution is -2.42. The number of hydrogen-bond donors (Lipinski definition) is 4. The number of rotatable bonds is 3. The van der Waals surface area contributed by atoms with Gasteiger partial charge in [-0.25, -0.2) is 9.59 Å². The first kappa shape index (κ1) is 13.6. The van der Waals surface area contributed by atoms with E-state index in [1.165, 1.54) is 18.2 Å². The van der Waals surface area contributed by atoms with E-state index < -0.39 is 11.9 Å². The molecule has 0 saturated heterocycles. The van der Waals surface area contributed by atoms with Crippen LogP contribution in [0, 0.1) is 0 Å². The van der Waals surface area contributed by atoms with Crippen LogP contribution in [0.25, 0.3) is 11.1 Å². The quantitative estimate of drug-likeness (QED) is 0.625. The van der Waals surface area contributed by atoms with Crippen molar-refractivity contribution in [3.05, 3.63) is 47.5 Å². The van der Waals surface area contributed by atoms with E-state index in [-0.39, 0.29) is 16.8 Å². The molecule has 0 aliphatic heterocycles. The molecule has 0 aliphatic rings. The van der Waals surface area contributed by atoms with Crippen molar-refractivity contribution in [3.63, 3.8) is 0 Å². The van der Waals surface area contributed by atoms with Crippen molar-refractivity contribution in [2.24, 2.45) is 0 Å². The summed E-state index contributed by atoms with van der Waals surface area (Å²) in [7, 11) is 0. The van der Waals surface area contributed by atoms with Crippen molar-refractivity contribution in [2.45, 2.75) is 0 Å². The molecule has 0 fully saturated rings. The summed E-state index contributed by atoms with van der Waals surface area (Å²) >= 11 is 0. The Morgan fingerprint density at radius 1 is 0.900 bits per heavy atom. The number of hydrogen-bond acceptors (Lipinski definition) is 3. The van der Waals surface area contributed by atoms with E-state index in [1.54, 1.807) is 18.2 Å². The number of nitrogens with two attached hydrogens (primary N) is 1. The predicted molar refractivity (Wildman–Crippen MR) is 72.8 cm³/mol. The Bertz CT molecular complexity index is 649. The van der Waals surface area contributed by atoms with Crippen LogP contribution >= 0.6 is 0 Å². The topological polar surface area (TPSA) is 128 Å². The Morgan fingerprint density at radius 3 is 1.95 bits per heavy atom. The third kappa shape index (κ3) is 2.45. The van der Waals surface area contributed by atoms with Gasteiger partial charge in [0, 0.05) is 11.8 Å². The number of carboxylic acids is 2. The van der Waals surface area contributed by atoms with Gasteiger partial charge in [0.1, 0.15) is 11.3 Å². The number of benzene rings is 2. The van der Waals surface area contributed by atoms with Crippen LogP contribution in [0.2, 0.25) is 0 Å². The summed E-state index contributed by atoms with van der Waals surface area (Å²) in [6.07, 6.45) is 0. The van der Waals surface area contributed by atoms with E-state index in [9.17, 15) is 9.59 Å². The highest BCUT2D eigenvalue weighted by Crippen LogP contribution is 2.26. The van der Waals surface area contributed by atoms with Gasteiger partial charge in [0.05, 0.1) is 5.56 Å². The molecule has 20 heavy (non-hydrogen) atoms. The number of anilines is 1. The first-order valence-corrected chi connectivity index (χ1v) is 5.72. The van der Waals surface area contributed by atoms with Crippen LogP contribution in [0.3, 0.4) is 0 Å². The monoisotopic (exact) mass is 273 g/mol. The first-order chi connectivity index (χ1) is 9.40. The van der Waals surface area contributed by atoms with Crippen LogP contribution in [-0.4, -0.2) is 22.2 Å². The van der Waals surface area contributed by atoms with Crippen molar-refractivity contribution in [1.82, 2.24) is 0 Å². The Labute approximate surface area is 114 Å². The van der Waals surface area contributed by atoms with Crippen molar-refractivity contribution in [3.8, 4) is 11.1 Å². The molecule has 0 spiro atoms. The summed E-state index contributed by atoms with van der Waals surface area (Å²) in [4.78, 5) is 22.1. The third-order valence-corrected chi connectivity index (χ3v) is 2.96. The molecule has 6 heteroatoms. The molecule has 0 atom stereocenters. The average molecular weight is 273 g/mol. The van der Waals surface area contributed by atoms with Crippen molar-refractivity contribution < 1.29 is 25.5 Å². The van der Waals surface area contributed by atoms with Gasteiger partial charge in [-0.3, -0.25) is 0 Å². The summed E-state index contributed by atoms with van der Waals surface area (Å²) in [5, 5.41) is 18.1. The van der Waals surface area contributed by atoms with E-state index >= 15 is 0 Å². The van der Waals surface area contributed by atoms with Gasteiger partial charge in [-0.15, -0.1) is 0 Å². The molecule has 0 bridgehead atoms. The van der Waals surface area contributed by atoms with Gasteiger partial charge in [0.25, 0.3) is 0 Å². The average Bonchev–Trinajstić information content (AvgIpc) is 2.39. The minimum Gasteiger partial charge on any atom is -0.478 e. The van der Waals surface area contributed by atoms with E-state index in [0.717, 1.165) is 0 Å². The maximum Gasteiger partial charge on any atom is 0.341 e. The third-order valence-electron chi connectivity index (χ3n) is 2.96. The zero-order valence-electron chi connectivity index (χ0n) is 10.5. The van der Waals surface area contributed by atoms with Crippen LogP contribution in [0.1, 0.15) is 20.7 Å². The number of carboxylic acid groups (broad SMARTS) is 2. The minimum atomic E-state index is -1.13. The number of quaternary nitrogens is 1. The maximum absolute atomic E-state index is 11.1. The lowest BCUT2D eigenvalue weighted by molar-refractivity contribution is -0.255. The number of carbonyl (C=O) groups is 2. The minimum absolute atomic E-state index is 0.0157. The van der Waals surface area contributed by atoms with E-state index in [0.29, 0.717) is 16.8 Å². The van der Waals surface area contributed by atoms with Gasteiger partial charge >= 0.3 is 11.9 Å². The zero-order valence-corrected chi connectivity index (χ0v) is 10.5. The molecule has 0 radical (unpaired) electrons. The number of nitrogen functional groups attached to an aromatic ring is 1. The van der Waals surface area contributed by atoms with Crippen LogP contribution in [0.5, 0.6) is 0 Å². The summed E-state index contributed by atoms with van der Waals surface area (Å²) < 4.78 is 0. The first-order valence-electron chi connectivity index (χ1n) is 5.72. The van der Waals surface area contributed by atoms with Gasteiger partial charge < -0.3 is 21.7 Å². The predicted octanol–water partition coefficient (Wildman–Crippen LogP) is 1.21. The lowest BCUT2D eigenvalue weighted by atomic mass is 9.99. The fraction of sp³-hybridized carbons (Fsp3) is 0. The highest BCUT2D eigenvalue weighted by molar-refractivity contribution is 5.96. The molecule has 2 aromatic carbocycles. The molecule has 2 aromatic rings. The van der Waals surface area contributed by atoms with Crippen molar-refractivity contribution >= 4 is 23.3 Å². The van der Waals surface area contributed by atoms with Gasteiger partial charge in [0.2, 0.25) is 0 Å². The molecule has 2 rings (SSSR count). The van der Waals surface area contributed by atoms with Crippen LogP contribution in [0.15, 0.2) is 36.4 Å². The van der Waals surface area contributed by atoms with Crippen LogP contribution in [0.4, 0.5) is 11.4 Å². The van der Waals surface area contributed by atoms with E-state index in [4.69, 9.17) is 15.9 Å². The molecule has 102 valence electrons. The molecule has 7 N–H and O–H groups in total. The Hall–Kier alpha value is -2.86. The fourth-order valence-electron chi connectivity index (χ4n) is 1.88. The highest BCUT2D eigenvalue weighted by Gasteiger charge is 2.14. The lowest BCUT2D eigenvalue weighted by Gasteiger charge is -2.07. The number of aromatic carboxylic acids is 2. The fourth-order valence-corrected chi connectivity index (χ4v) is 1.88. The summed E-state index contributed by atoms with van der Waals surface area (Å²) in [5.74, 6) is -2.21. The molecule has 0 heterocycles. The molecule has 6 nitrogen and oxygen atoms in total. The molecule has 0 aliphatic carbocycles. The normalized spacial score (nSPS) is 10.2. The van der Waals surface area contributed by atoms with E-state index in [1.807, 2.05) is 0 Å². The molecule has 0 amide bonds. The zero-order chi connectivity index (χ0) is 14.9. The SMILES string of the molecule is Nc1ccc(-c2ccc([NH3+])c(C(=O)O)c2)cc1C(=O)O. The van der Waals surface area contributed by atoms with Gasteiger partial charge in [0.15, 0.2) is 0 Å². The van der Waals surface area contributed by atoms with Crippen LogP contribution in [-0.2, 0) is 0 Å². The van der Waals surface area contributed by atoms with Gasteiger partial charge in [-0.05, 0) is 35.4 Å². The second-order valence-corrected chi connectivity index (χ2v) is 4.28. The Balaban J connectivity index is 2.57. The molecule has 0 saturated carbocycles. The second kappa shape index (κ2) is 5.02. The standard InChI is InChI=1S/C14H12N2O4/c15-11-3-1-7(5-9(11)13(17)18)8-2-4-12(16)10(6-8)14(19)20/h1-6H,15-16H2,(H,17,18)(H,19,20)/p+1. The maximum atomic E-state index is 11.1. The summed E-state index contributed by atoms with van der Waals surface area (Å²) in [6.45, 7) is 0. The van der Waals surface area contributed by atoms with Crippen molar-refractivity contribution in [1.29, 1.82) is 0 Å². The van der Waals surface area contributed by atoms with Gasteiger partial charge in [-0.1, -0.05) is 6.07 Å². The van der Waals surface area contributed by atoms with Crippen LogP contribution < -0.4 is 11.5 Å². The van der Waals surface area contributed by atoms with E-state index in [2.05, 4.69) is 5.73 Å². The summed E-state index contributed by atoms with van der Waals surface area (Å²) in [6, 6.07) is 9.27. The largest absolute Gasteiger partial charge is 0.478 e. The smallest absolute Gasteiger partial charge is 0.341 e. The molecule has 0 aromatic heterocycles.